The van der Waals surface area contributed by atoms with E-state index < -0.39 is 10.1 Å². The van der Waals surface area contributed by atoms with Crippen LogP contribution in [0.4, 0.5) is 0 Å². The first-order valence-corrected chi connectivity index (χ1v) is 15.4. The van der Waals surface area contributed by atoms with Crippen molar-refractivity contribution < 1.29 is 42.5 Å². The summed E-state index contributed by atoms with van der Waals surface area (Å²) >= 11 is 0. The van der Waals surface area contributed by atoms with Crippen LogP contribution in [0.3, 0.4) is 0 Å². The molecule has 0 fully saturated rings. The Balaban J connectivity index is 0.00000612. The number of hydrogen-bond acceptors (Lipinski definition) is 3. The molecule has 0 aromatic heterocycles. The number of unbranched alkanes of at least 4 members (excludes halogenated alkanes) is 14. The van der Waals surface area contributed by atoms with Crippen molar-refractivity contribution in [1.82, 2.24) is 0 Å². The fourth-order valence-electron chi connectivity index (χ4n) is 5.07. The Morgan fingerprint density at radius 2 is 1.00 bits per heavy atom. The summed E-state index contributed by atoms with van der Waals surface area (Å²) in [6.45, 7) is 4.48. The Morgan fingerprint density at radius 3 is 1.46 bits per heavy atom. The first kappa shape index (κ1) is 32.6. The van der Waals surface area contributed by atoms with Gasteiger partial charge in [0, 0.05) is 0 Å². The van der Waals surface area contributed by atoms with Crippen LogP contribution in [0.5, 0.6) is 0 Å². The maximum Gasteiger partial charge on any atom is 1.00 e. The SMILES string of the molecule is CCCCCCCCCCc1cc(CCCCCCCCCC)c2ccccc2c1S(=O)(=O)[O-].[Na+]. The zero-order chi connectivity index (χ0) is 24.7. The molecule has 0 saturated heterocycles. The third-order valence-electron chi connectivity index (χ3n) is 7.01. The van der Waals surface area contributed by atoms with Crippen LogP contribution in [-0.2, 0) is 23.0 Å². The molecule has 0 amide bonds. The fourth-order valence-corrected chi connectivity index (χ4v) is 6.00. The Hall–Kier alpha value is -0.390. The fraction of sp³-hybridized carbons (Fsp3) is 0.667. The van der Waals surface area contributed by atoms with Crippen LogP contribution in [0.25, 0.3) is 10.8 Å². The molecule has 5 heteroatoms. The Labute approximate surface area is 237 Å². The third kappa shape index (κ3) is 12.1. The summed E-state index contributed by atoms with van der Waals surface area (Å²) in [6, 6.07) is 9.62. The van der Waals surface area contributed by atoms with Gasteiger partial charge in [-0.05, 0) is 47.6 Å². The van der Waals surface area contributed by atoms with Crippen LogP contribution in [0.2, 0.25) is 0 Å². The molecule has 3 nitrogen and oxygen atoms in total. The van der Waals surface area contributed by atoms with E-state index in [1.807, 2.05) is 30.3 Å². The first-order valence-electron chi connectivity index (χ1n) is 14.0. The molecule has 0 unspecified atom stereocenters. The number of hydrogen-bond donors (Lipinski definition) is 0. The second-order valence-corrected chi connectivity index (χ2v) is 11.3. The summed E-state index contributed by atoms with van der Waals surface area (Å²) in [4.78, 5) is 0.0192. The van der Waals surface area contributed by atoms with Crippen molar-refractivity contribution >= 4 is 20.9 Å². The van der Waals surface area contributed by atoms with Crippen molar-refractivity contribution in [3.8, 4) is 0 Å². The molecular formula is C30H47NaO3S. The summed E-state index contributed by atoms with van der Waals surface area (Å²) in [5.74, 6) is 0. The van der Waals surface area contributed by atoms with Gasteiger partial charge in [-0.1, -0.05) is 134 Å². The minimum atomic E-state index is -4.52. The van der Waals surface area contributed by atoms with Crippen LogP contribution >= 0.6 is 0 Å². The molecule has 0 bridgehead atoms. The summed E-state index contributed by atoms with van der Waals surface area (Å²) < 4.78 is 36.8. The monoisotopic (exact) mass is 510 g/mol. The number of aryl methyl sites for hydroxylation is 2. The zero-order valence-corrected chi connectivity index (χ0v) is 25.6. The Kier molecular flexibility index (Phi) is 17.5. The standard InChI is InChI=1S/C30H48O3S.Na/c1-3-5-7-9-11-13-15-17-21-26-25-27(22-18-16-14-12-10-8-6-4-2)30(34(31,32)33)29-24-20-19-23-28(26)29;/h19-20,23-25H,3-18,21-22H2,1-2H3,(H,31,32,33);/q;+1/p-1. The maximum absolute atomic E-state index is 12.3. The molecule has 0 heterocycles. The van der Waals surface area contributed by atoms with Gasteiger partial charge in [-0.2, -0.15) is 0 Å². The Bertz CT molecular complexity index is 940. The molecule has 0 aliphatic heterocycles. The molecule has 0 saturated carbocycles. The van der Waals surface area contributed by atoms with E-state index >= 15 is 0 Å². The topological polar surface area (TPSA) is 57.2 Å². The Morgan fingerprint density at radius 1 is 0.600 bits per heavy atom. The van der Waals surface area contributed by atoms with Gasteiger partial charge in [-0.3, -0.25) is 0 Å². The largest absolute Gasteiger partial charge is 1.00 e. The smallest absolute Gasteiger partial charge is 0.744 e. The van der Waals surface area contributed by atoms with Gasteiger partial charge in [0.15, 0.2) is 0 Å². The summed E-state index contributed by atoms with van der Waals surface area (Å²) in [5.41, 5.74) is 1.93. The van der Waals surface area contributed by atoms with Crippen molar-refractivity contribution in [2.45, 2.75) is 134 Å². The molecule has 0 N–H and O–H groups in total. The molecular weight excluding hydrogens is 463 g/mol. The average Bonchev–Trinajstić information content (AvgIpc) is 2.81. The second kappa shape index (κ2) is 18.8. The molecule has 0 aliphatic carbocycles. The molecule has 2 aromatic carbocycles. The molecule has 35 heavy (non-hydrogen) atoms. The maximum atomic E-state index is 12.3. The van der Waals surface area contributed by atoms with Crippen LogP contribution in [-0.4, -0.2) is 13.0 Å². The molecule has 2 aromatic rings. The number of rotatable bonds is 19. The predicted octanol–water partition coefficient (Wildman–Crippen LogP) is 6.11. The van der Waals surface area contributed by atoms with Crippen LogP contribution in [0.15, 0.2) is 35.2 Å². The minimum absolute atomic E-state index is 0. The van der Waals surface area contributed by atoms with Gasteiger partial charge in [0.2, 0.25) is 0 Å². The molecule has 0 radical (unpaired) electrons. The number of benzene rings is 2. The normalized spacial score (nSPS) is 11.6. The van der Waals surface area contributed by atoms with E-state index in [9.17, 15) is 13.0 Å². The van der Waals surface area contributed by atoms with E-state index in [2.05, 4.69) is 13.8 Å². The van der Waals surface area contributed by atoms with Crippen LogP contribution in [0.1, 0.15) is 128 Å². The van der Waals surface area contributed by atoms with Gasteiger partial charge in [-0.25, -0.2) is 8.42 Å². The summed E-state index contributed by atoms with van der Waals surface area (Å²) in [5, 5.41) is 1.55. The van der Waals surface area contributed by atoms with Gasteiger partial charge in [0.1, 0.15) is 10.1 Å². The van der Waals surface area contributed by atoms with Crippen molar-refractivity contribution in [3.05, 3.63) is 41.5 Å². The quantitative estimate of drug-likeness (QED) is 0.130. The molecule has 2 rings (SSSR count). The van der Waals surface area contributed by atoms with Crippen molar-refractivity contribution in [1.29, 1.82) is 0 Å². The van der Waals surface area contributed by atoms with E-state index in [0.717, 1.165) is 36.6 Å². The molecule has 0 aliphatic rings. The van der Waals surface area contributed by atoms with E-state index in [4.69, 9.17) is 0 Å². The van der Waals surface area contributed by atoms with E-state index in [-0.39, 0.29) is 34.5 Å². The van der Waals surface area contributed by atoms with Crippen molar-refractivity contribution in [2.24, 2.45) is 0 Å². The van der Waals surface area contributed by atoms with Crippen molar-refractivity contribution in [3.63, 3.8) is 0 Å². The minimum Gasteiger partial charge on any atom is -0.744 e. The zero-order valence-electron chi connectivity index (χ0n) is 22.7. The number of fused-ring (bicyclic) bond motifs is 1. The van der Waals surface area contributed by atoms with Gasteiger partial charge < -0.3 is 4.55 Å². The van der Waals surface area contributed by atoms with Crippen LogP contribution in [0, 0.1) is 0 Å². The van der Waals surface area contributed by atoms with E-state index in [0.29, 0.717) is 11.8 Å². The molecule has 0 atom stereocenters. The predicted molar refractivity (Wildman–Crippen MR) is 145 cm³/mol. The summed E-state index contributed by atoms with van der Waals surface area (Å²) in [7, 11) is -4.52. The molecule has 192 valence electrons. The summed E-state index contributed by atoms with van der Waals surface area (Å²) in [6.07, 6.45) is 21.4. The van der Waals surface area contributed by atoms with E-state index in [1.54, 1.807) is 0 Å². The average molecular weight is 511 g/mol. The third-order valence-corrected chi connectivity index (χ3v) is 7.99. The first-order chi connectivity index (χ1) is 16.5. The molecule has 0 spiro atoms. The van der Waals surface area contributed by atoms with Gasteiger partial charge >= 0.3 is 29.6 Å². The van der Waals surface area contributed by atoms with Gasteiger partial charge in [0.25, 0.3) is 0 Å². The van der Waals surface area contributed by atoms with Crippen LogP contribution < -0.4 is 29.6 Å². The van der Waals surface area contributed by atoms with Gasteiger partial charge in [0.05, 0.1) is 4.90 Å². The van der Waals surface area contributed by atoms with E-state index in [1.165, 1.54) is 89.0 Å². The van der Waals surface area contributed by atoms with Gasteiger partial charge in [-0.15, -0.1) is 0 Å². The van der Waals surface area contributed by atoms with Crippen molar-refractivity contribution in [2.75, 3.05) is 0 Å². The second-order valence-electron chi connectivity index (χ2n) is 9.97.